The standard InChI is InChI=1S/C19H19N3O3/c23-12-11-21(13-15-7-3-1-4-8-15)19(25)18-17(24)14-22(20-18)16-9-5-2-6-10-16/h1-10,14,23-24H,11-13H2. The summed E-state index contributed by atoms with van der Waals surface area (Å²) in [5.74, 6) is -0.616. The molecule has 1 aromatic heterocycles. The number of aromatic hydroxyl groups is 1. The van der Waals surface area contributed by atoms with Gasteiger partial charge in [-0.3, -0.25) is 4.79 Å². The minimum absolute atomic E-state index is 0.0340. The zero-order valence-electron chi connectivity index (χ0n) is 13.6. The number of amides is 1. The Kier molecular flexibility index (Phi) is 5.11. The van der Waals surface area contributed by atoms with Crippen molar-refractivity contribution in [1.82, 2.24) is 14.7 Å². The van der Waals surface area contributed by atoms with Crippen molar-refractivity contribution in [2.45, 2.75) is 6.54 Å². The summed E-state index contributed by atoms with van der Waals surface area (Å²) in [5.41, 5.74) is 1.65. The Morgan fingerprint density at radius 1 is 1.04 bits per heavy atom. The fourth-order valence-electron chi connectivity index (χ4n) is 2.56. The van der Waals surface area contributed by atoms with Gasteiger partial charge in [-0.05, 0) is 17.7 Å². The summed E-state index contributed by atoms with van der Waals surface area (Å²) in [6.45, 7) is 0.321. The minimum Gasteiger partial charge on any atom is -0.504 e. The van der Waals surface area contributed by atoms with Crippen molar-refractivity contribution in [3.8, 4) is 11.4 Å². The lowest BCUT2D eigenvalue weighted by Crippen LogP contribution is -2.33. The third kappa shape index (κ3) is 3.87. The first kappa shape index (κ1) is 16.7. The number of carbonyl (C=O) groups is 1. The lowest BCUT2D eigenvalue weighted by Gasteiger charge is -2.21. The lowest BCUT2D eigenvalue weighted by atomic mass is 10.2. The fraction of sp³-hybridized carbons (Fsp3) is 0.158. The van der Waals surface area contributed by atoms with E-state index in [1.54, 1.807) is 0 Å². The molecule has 0 aliphatic carbocycles. The average Bonchev–Trinajstić information content (AvgIpc) is 3.04. The molecule has 0 spiro atoms. The molecule has 0 radical (unpaired) electrons. The van der Waals surface area contributed by atoms with E-state index in [0.717, 1.165) is 11.3 Å². The van der Waals surface area contributed by atoms with Gasteiger partial charge in [0.1, 0.15) is 0 Å². The number of aromatic nitrogens is 2. The van der Waals surface area contributed by atoms with Crippen LogP contribution in [0.5, 0.6) is 5.75 Å². The molecule has 1 heterocycles. The van der Waals surface area contributed by atoms with Gasteiger partial charge in [-0.2, -0.15) is 5.10 Å². The van der Waals surface area contributed by atoms with E-state index in [4.69, 9.17) is 0 Å². The Labute approximate surface area is 145 Å². The monoisotopic (exact) mass is 337 g/mol. The predicted molar refractivity (Wildman–Crippen MR) is 93.5 cm³/mol. The molecule has 0 aliphatic rings. The van der Waals surface area contributed by atoms with Crippen LogP contribution in [0.15, 0.2) is 66.9 Å². The molecule has 0 saturated carbocycles. The SMILES string of the molecule is O=C(c1nn(-c2ccccc2)cc1O)N(CCO)Cc1ccccc1. The van der Waals surface area contributed by atoms with Crippen molar-refractivity contribution in [3.05, 3.63) is 78.1 Å². The summed E-state index contributed by atoms with van der Waals surface area (Å²) >= 11 is 0. The number of hydrogen-bond acceptors (Lipinski definition) is 4. The van der Waals surface area contributed by atoms with Gasteiger partial charge in [-0.1, -0.05) is 48.5 Å². The van der Waals surface area contributed by atoms with E-state index in [2.05, 4.69) is 5.10 Å². The smallest absolute Gasteiger partial charge is 0.278 e. The van der Waals surface area contributed by atoms with Crippen LogP contribution in [0.2, 0.25) is 0 Å². The van der Waals surface area contributed by atoms with Crippen molar-refractivity contribution in [2.75, 3.05) is 13.2 Å². The number of carbonyl (C=O) groups excluding carboxylic acids is 1. The van der Waals surface area contributed by atoms with E-state index < -0.39 is 5.91 Å². The molecule has 2 N–H and O–H groups in total. The zero-order valence-corrected chi connectivity index (χ0v) is 13.6. The van der Waals surface area contributed by atoms with Crippen LogP contribution >= 0.6 is 0 Å². The Morgan fingerprint density at radius 2 is 1.68 bits per heavy atom. The Bertz CT molecular complexity index is 832. The van der Waals surface area contributed by atoms with E-state index in [1.165, 1.54) is 15.8 Å². The second-order valence-electron chi connectivity index (χ2n) is 5.58. The van der Waals surface area contributed by atoms with Gasteiger partial charge < -0.3 is 15.1 Å². The number of nitrogens with zero attached hydrogens (tertiary/aromatic N) is 3. The minimum atomic E-state index is -0.426. The summed E-state index contributed by atoms with van der Waals surface area (Å²) in [6, 6.07) is 18.7. The van der Waals surface area contributed by atoms with Gasteiger partial charge in [0.15, 0.2) is 11.4 Å². The number of para-hydroxylation sites is 1. The van der Waals surface area contributed by atoms with Crippen molar-refractivity contribution < 1.29 is 15.0 Å². The second-order valence-corrected chi connectivity index (χ2v) is 5.58. The molecule has 0 aliphatic heterocycles. The van der Waals surface area contributed by atoms with Gasteiger partial charge in [0.2, 0.25) is 0 Å². The molecule has 0 bridgehead atoms. The van der Waals surface area contributed by atoms with E-state index in [9.17, 15) is 15.0 Å². The number of rotatable bonds is 6. The maximum Gasteiger partial charge on any atom is 0.278 e. The number of aliphatic hydroxyl groups excluding tert-OH is 1. The maximum absolute atomic E-state index is 12.8. The summed E-state index contributed by atoms with van der Waals surface area (Å²) in [5, 5.41) is 23.7. The molecule has 1 amide bonds. The van der Waals surface area contributed by atoms with Crippen LogP contribution in [0.1, 0.15) is 16.1 Å². The third-order valence-electron chi connectivity index (χ3n) is 3.79. The van der Waals surface area contributed by atoms with E-state index in [1.807, 2.05) is 60.7 Å². The Balaban J connectivity index is 1.86. The molecule has 0 saturated heterocycles. The molecular formula is C19H19N3O3. The number of benzene rings is 2. The molecule has 0 atom stereocenters. The quantitative estimate of drug-likeness (QED) is 0.723. The van der Waals surface area contributed by atoms with Crippen molar-refractivity contribution >= 4 is 5.91 Å². The van der Waals surface area contributed by atoms with Crippen LogP contribution in [-0.4, -0.2) is 44.0 Å². The molecule has 3 rings (SSSR count). The molecule has 0 unspecified atom stereocenters. The van der Waals surface area contributed by atoms with Crippen LogP contribution in [0.4, 0.5) is 0 Å². The average molecular weight is 337 g/mol. The number of aliphatic hydroxyl groups is 1. The number of hydrogen-bond donors (Lipinski definition) is 2. The third-order valence-corrected chi connectivity index (χ3v) is 3.79. The van der Waals surface area contributed by atoms with Gasteiger partial charge in [0.05, 0.1) is 18.5 Å². The van der Waals surface area contributed by atoms with Crippen molar-refractivity contribution in [1.29, 1.82) is 0 Å². The molecule has 6 nitrogen and oxygen atoms in total. The van der Waals surface area contributed by atoms with E-state index in [0.29, 0.717) is 6.54 Å². The highest BCUT2D eigenvalue weighted by Crippen LogP contribution is 2.20. The van der Waals surface area contributed by atoms with Crippen molar-refractivity contribution in [2.24, 2.45) is 0 Å². The molecule has 0 fully saturated rings. The summed E-state index contributed by atoms with van der Waals surface area (Å²) in [7, 11) is 0. The first-order chi connectivity index (χ1) is 12.2. The highest BCUT2D eigenvalue weighted by Gasteiger charge is 2.23. The largest absolute Gasteiger partial charge is 0.504 e. The summed E-state index contributed by atoms with van der Waals surface area (Å²) in [6.07, 6.45) is 1.40. The Hall–Kier alpha value is -3.12. The van der Waals surface area contributed by atoms with Gasteiger partial charge in [0.25, 0.3) is 5.91 Å². The van der Waals surface area contributed by atoms with Crippen molar-refractivity contribution in [3.63, 3.8) is 0 Å². The maximum atomic E-state index is 12.8. The molecule has 6 heteroatoms. The van der Waals surface area contributed by atoms with Crippen LogP contribution < -0.4 is 0 Å². The summed E-state index contributed by atoms with van der Waals surface area (Å²) in [4.78, 5) is 14.2. The van der Waals surface area contributed by atoms with Gasteiger partial charge >= 0.3 is 0 Å². The Morgan fingerprint density at radius 3 is 2.32 bits per heavy atom. The normalized spacial score (nSPS) is 10.6. The second kappa shape index (κ2) is 7.63. The first-order valence-corrected chi connectivity index (χ1v) is 7.97. The highest BCUT2D eigenvalue weighted by atomic mass is 16.3. The van der Waals surface area contributed by atoms with Crippen LogP contribution in [0, 0.1) is 0 Å². The molecule has 3 aromatic rings. The summed E-state index contributed by atoms with van der Waals surface area (Å²) < 4.78 is 1.46. The van der Waals surface area contributed by atoms with Gasteiger partial charge in [-0.15, -0.1) is 0 Å². The fourth-order valence-corrected chi connectivity index (χ4v) is 2.56. The molecule has 2 aromatic carbocycles. The van der Waals surface area contributed by atoms with Crippen LogP contribution in [0.25, 0.3) is 5.69 Å². The first-order valence-electron chi connectivity index (χ1n) is 7.97. The van der Waals surface area contributed by atoms with Gasteiger partial charge in [-0.25, -0.2) is 4.68 Å². The highest BCUT2D eigenvalue weighted by molar-refractivity contribution is 5.94. The van der Waals surface area contributed by atoms with E-state index in [-0.39, 0.29) is 24.6 Å². The van der Waals surface area contributed by atoms with E-state index >= 15 is 0 Å². The topological polar surface area (TPSA) is 78.6 Å². The van der Waals surface area contributed by atoms with Crippen LogP contribution in [0.3, 0.4) is 0 Å². The predicted octanol–water partition coefficient (Wildman–Crippen LogP) is 2.21. The molecule has 25 heavy (non-hydrogen) atoms. The molecular weight excluding hydrogens is 318 g/mol. The van der Waals surface area contributed by atoms with Crippen LogP contribution in [-0.2, 0) is 6.54 Å². The lowest BCUT2D eigenvalue weighted by molar-refractivity contribution is 0.0698. The zero-order chi connectivity index (χ0) is 17.6. The van der Waals surface area contributed by atoms with Gasteiger partial charge in [0, 0.05) is 13.1 Å². The molecule has 128 valence electrons.